The van der Waals surface area contributed by atoms with Gasteiger partial charge < -0.3 is 5.32 Å². The van der Waals surface area contributed by atoms with Crippen LogP contribution in [-0.4, -0.2) is 13.3 Å². The average Bonchev–Trinajstić information content (AvgIpc) is 2.17. The van der Waals surface area contributed by atoms with Crippen molar-refractivity contribution in [3.05, 3.63) is 28.8 Å². The summed E-state index contributed by atoms with van der Waals surface area (Å²) in [5.74, 6) is 0. The molecule has 0 saturated heterocycles. The van der Waals surface area contributed by atoms with Gasteiger partial charge in [0, 0.05) is 6.04 Å². The van der Waals surface area contributed by atoms with E-state index >= 15 is 0 Å². The molecule has 0 fully saturated rings. The van der Waals surface area contributed by atoms with Crippen LogP contribution in [0.5, 0.6) is 0 Å². The van der Waals surface area contributed by atoms with Crippen LogP contribution >= 0.6 is 0 Å². The molecule has 2 heteroatoms. The molecular weight excluding hydrogens is 184 g/mol. The second kappa shape index (κ2) is 5.08. The summed E-state index contributed by atoms with van der Waals surface area (Å²) in [5, 5.41) is 3.40. The number of hydrogen-bond acceptors (Lipinski definition) is 2. The topological polar surface area (TPSA) is 24.4 Å². The Bertz CT molecular complexity index is 356. The van der Waals surface area contributed by atoms with Crippen molar-refractivity contribution in [3.8, 4) is 0 Å². The number of hydrogen-bond donors (Lipinski definition) is 1. The van der Waals surface area contributed by atoms with E-state index in [4.69, 9.17) is 0 Å². The zero-order chi connectivity index (χ0) is 11.4. The molecule has 0 radical (unpaired) electrons. The summed E-state index contributed by atoms with van der Waals surface area (Å²) < 4.78 is 0. The molecule has 1 rings (SSSR count). The fourth-order valence-electron chi connectivity index (χ4n) is 1.96. The SMILES string of the molecule is C=Nc1c(C)cc(C)cc1C(C)NCC. The Morgan fingerprint density at radius 1 is 1.40 bits per heavy atom. The van der Waals surface area contributed by atoms with Crippen LogP contribution in [0.4, 0.5) is 5.69 Å². The number of aliphatic imine (C=N–C) groups is 1. The van der Waals surface area contributed by atoms with E-state index in [1.54, 1.807) is 0 Å². The lowest BCUT2D eigenvalue weighted by Crippen LogP contribution is -2.18. The van der Waals surface area contributed by atoms with E-state index in [0.29, 0.717) is 6.04 Å². The third-order valence-corrected chi connectivity index (χ3v) is 2.61. The lowest BCUT2D eigenvalue weighted by atomic mass is 9.99. The number of nitrogens with one attached hydrogen (secondary N) is 1. The smallest absolute Gasteiger partial charge is 0.0699 e. The van der Waals surface area contributed by atoms with Crippen LogP contribution in [0.25, 0.3) is 0 Å². The van der Waals surface area contributed by atoms with Gasteiger partial charge in [-0.3, -0.25) is 4.99 Å². The monoisotopic (exact) mass is 204 g/mol. The van der Waals surface area contributed by atoms with Crippen molar-refractivity contribution in [1.29, 1.82) is 0 Å². The van der Waals surface area contributed by atoms with Gasteiger partial charge in [0.2, 0.25) is 0 Å². The minimum Gasteiger partial charge on any atom is -0.310 e. The second-order valence-corrected chi connectivity index (χ2v) is 3.96. The Hall–Kier alpha value is -1.15. The highest BCUT2D eigenvalue weighted by molar-refractivity contribution is 5.59. The molecule has 0 amide bonds. The van der Waals surface area contributed by atoms with E-state index in [1.165, 1.54) is 16.7 Å². The first-order valence-electron chi connectivity index (χ1n) is 5.41. The predicted molar refractivity (Wildman–Crippen MR) is 67.2 cm³/mol. The molecule has 0 aromatic heterocycles. The largest absolute Gasteiger partial charge is 0.310 e. The van der Waals surface area contributed by atoms with E-state index in [1.807, 2.05) is 0 Å². The Labute approximate surface area is 92.4 Å². The molecule has 0 spiro atoms. The first-order chi connectivity index (χ1) is 7.10. The van der Waals surface area contributed by atoms with Gasteiger partial charge in [0.25, 0.3) is 0 Å². The van der Waals surface area contributed by atoms with E-state index in [2.05, 4.69) is 56.9 Å². The number of aryl methyl sites for hydroxylation is 2. The highest BCUT2D eigenvalue weighted by Crippen LogP contribution is 2.30. The second-order valence-electron chi connectivity index (χ2n) is 3.96. The standard InChI is InChI=1S/C13H20N2/c1-6-15-11(4)12-8-9(2)7-10(3)13(12)14-5/h7-8,11,15H,5-6H2,1-4H3. The summed E-state index contributed by atoms with van der Waals surface area (Å²) in [5.41, 5.74) is 4.74. The molecule has 0 bridgehead atoms. The van der Waals surface area contributed by atoms with Crippen molar-refractivity contribution in [2.45, 2.75) is 33.7 Å². The van der Waals surface area contributed by atoms with Crippen molar-refractivity contribution in [1.82, 2.24) is 5.32 Å². The molecule has 1 aromatic rings. The molecule has 1 N–H and O–H groups in total. The Kier molecular flexibility index (Phi) is 4.04. The molecule has 0 aliphatic heterocycles. The van der Waals surface area contributed by atoms with Gasteiger partial charge in [-0.1, -0.05) is 24.6 Å². The van der Waals surface area contributed by atoms with E-state index in [9.17, 15) is 0 Å². The maximum atomic E-state index is 4.12. The lowest BCUT2D eigenvalue weighted by Gasteiger charge is -2.17. The van der Waals surface area contributed by atoms with Gasteiger partial charge in [-0.05, 0) is 45.2 Å². The zero-order valence-corrected chi connectivity index (χ0v) is 10.1. The van der Waals surface area contributed by atoms with Crippen LogP contribution in [0, 0.1) is 13.8 Å². The van der Waals surface area contributed by atoms with E-state index in [0.717, 1.165) is 12.2 Å². The van der Waals surface area contributed by atoms with Crippen molar-refractivity contribution in [3.63, 3.8) is 0 Å². The molecule has 0 aliphatic rings. The fraction of sp³-hybridized carbons (Fsp3) is 0.462. The van der Waals surface area contributed by atoms with Crippen molar-refractivity contribution >= 4 is 12.4 Å². The van der Waals surface area contributed by atoms with Gasteiger partial charge in [-0.15, -0.1) is 0 Å². The third kappa shape index (κ3) is 2.66. The van der Waals surface area contributed by atoms with Crippen molar-refractivity contribution in [2.75, 3.05) is 6.54 Å². The number of nitrogens with zero attached hydrogens (tertiary/aromatic N) is 1. The van der Waals surface area contributed by atoms with Gasteiger partial charge in [0.1, 0.15) is 0 Å². The molecule has 0 heterocycles. The summed E-state index contributed by atoms with van der Waals surface area (Å²) in [6.07, 6.45) is 0. The van der Waals surface area contributed by atoms with Crippen LogP contribution in [0.2, 0.25) is 0 Å². The van der Waals surface area contributed by atoms with Gasteiger partial charge in [-0.2, -0.15) is 0 Å². The zero-order valence-electron chi connectivity index (χ0n) is 10.1. The molecule has 0 saturated carbocycles. The van der Waals surface area contributed by atoms with Crippen LogP contribution < -0.4 is 5.32 Å². The third-order valence-electron chi connectivity index (χ3n) is 2.61. The van der Waals surface area contributed by atoms with Crippen molar-refractivity contribution in [2.24, 2.45) is 4.99 Å². The molecule has 1 unspecified atom stereocenters. The van der Waals surface area contributed by atoms with Crippen LogP contribution in [-0.2, 0) is 0 Å². The molecular formula is C13H20N2. The maximum Gasteiger partial charge on any atom is 0.0699 e. The average molecular weight is 204 g/mol. The first kappa shape index (κ1) is 11.9. The fourth-order valence-corrected chi connectivity index (χ4v) is 1.96. The number of benzene rings is 1. The van der Waals surface area contributed by atoms with Crippen LogP contribution in [0.1, 0.15) is 36.6 Å². The summed E-state index contributed by atoms with van der Waals surface area (Å²) in [7, 11) is 0. The highest BCUT2D eigenvalue weighted by atomic mass is 14.9. The lowest BCUT2D eigenvalue weighted by molar-refractivity contribution is 0.598. The molecule has 2 nitrogen and oxygen atoms in total. The summed E-state index contributed by atoms with van der Waals surface area (Å²) in [6, 6.07) is 4.66. The Morgan fingerprint density at radius 2 is 2.07 bits per heavy atom. The molecule has 15 heavy (non-hydrogen) atoms. The van der Waals surface area contributed by atoms with Gasteiger partial charge >= 0.3 is 0 Å². The summed E-state index contributed by atoms with van der Waals surface area (Å²) in [4.78, 5) is 4.12. The normalized spacial score (nSPS) is 12.5. The van der Waals surface area contributed by atoms with Crippen molar-refractivity contribution < 1.29 is 0 Å². The Morgan fingerprint density at radius 3 is 2.60 bits per heavy atom. The van der Waals surface area contributed by atoms with E-state index < -0.39 is 0 Å². The molecule has 1 aromatic carbocycles. The summed E-state index contributed by atoms with van der Waals surface area (Å²) >= 11 is 0. The van der Waals surface area contributed by atoms with Gasteiger partial charge in [-0.25, -0.2) is 0 Å². The highest BCUT2D eigenvalue weighted by Gasteiger charge is 2.11. The predicted octanol–water partition coefficient (Wildman–Crippen LogP) is 3.31. The van der Waals surface area contributed by atoms with Gasteiger partial charge in [0.15, 0.2) is 0 Å². The van der Waals surface area contributed by atoms with E-state index in [-0.39, 0.29) is 0 Å². The minimum absolute atomic E-state index is 0.328. The first-order valence-corrected chi connectivity index (χ1v) is 5.41. The molecule has 0 aliphatic carbocycles. The maximum absolute atomic E-state index is 4.12. The van der Waals surface area contributed by atoms with Crippen LogP contribution in [0.3, 0.4) is 0 Å². The molecule has 82 valence electrons. The van der Waals surface area contributed by atoms with Gasteiger partial charge in [0.05, 0.1) is 5.69 Å². The molecule has 1 atom stereocenters. The number of rotatable bonds is 4. The van der Waals surface area contributed by atoms with Crippen LogP contribution in [0.15, 0.2) is 17.1 Å². The quantitative estimate of drug-likeness (QED) is 0.748. The minimum atomic E-state index is 0.328. The summed E-state index contributed by atoms with van der Waals surface area (Å²) in [6.45, 7) is 13.1. The Balaban J connectivity index is 3.19.